The van der Waals surface area contributed by atoms with E-state index in [1.165, 1.54) is 0 Å². The molecule has 1 heterocycles. The van der Waals surface area contributed by atoms with Gasteiger partial charge in [0.1, 0.15) is 5.75 Å². The van der Waals surface area contributed by atoms with Gasteiger partial charge in [-0.1, -0.05) is 13.3 Å². The number of methoxy groups -OCH3 is 1. The molecule has 1 aromatic rings. The van der Waals surface area contributed by atoms with Crippen molar-refractivity contribution in [2.75, 3.05) is 7.11 Å². The molecule has 4 unspecified atom stereocenters. The Hall–Kier alpha value is -2.04. The van der Waals surface area contributed by atoms with Crippen molar-refractivity contribution in [1.82, 2.24) is 10.6 Å². The Bertz CT molecular complexity index is 614. The molecule has 5 heteroatoms. The molecule has 2 aliphatic rings. The molecule has 1 aliphatic carbocycles. The summed E-state index contributed by atoms with van der Waals surface area (Å²) < 4.78 is 5.13. The molecule has 5 nitrogen and oxygen atoms in total. The molecule has 0 radical (unpaired) electrons. The van der Waals surface area contributed by atoms with Gasteiger partial charge in [0, 0.05) is 24.1 Å². The largest absolute Gasteiger partial charge is 0.497 e. The first kappa shape index (κ1) is 17.8. The third-order valence-corrected chi connectivity index (χ3v) is 5.65. The first-order valence-corrected chi connectivity index (χ1v) is 9.35. The van der Waals surface area contributed by atoms with Gasteiger partial charge < -0.3 is 15.4 Å². The summed E-state index contributed by atoms with van der Waals surface area (Å²) in [5.41, 5.74) is 0.638. The van der Waals surface area contributed by atoms with Gasteiger partial charge >= 0.3 is 0 Å². The molecule has 1 saturated carbocycles. The van der Waals surface area contributed by atoms with Crippen molar-refractivity contribution < 1.29 is 14.3 Å². The molecule has 1 aliphatic heterocycles. The maximum absolute atomic E-state index is 12.5. The van der Waals surface area contributed by atoms with E-state index in [-0.39, 0.29) is 23.9 Å². The normalized spacial score (nSPS) is 28.6. The Morgan fingerprint density at radius 2 is 2.04 bits per heavy atom. The van der Waals surface area contributed by atoms with Crippen molar-refractivity contribution in [2.24, 2.45) is 11.8 Å². The van der Waals surface area contributed by atoms with Crippen molar-refractivity contribution in [1.29, 1.82) is 0 Å². The fourth-order valence-corrected chi connectivity index (χ4v) is 4.41. The fraction of sp³-hybridized carbons (Fsp3) is 0.600. The van der Waals surface area contributed by atoms with Gasteiger partial charge in [-0.3, -0.25) is 9.59 Å². The summed E-state index contributed by atoms with van der Waals surface area (Å²) in [6, 6.07) is 7.47. The fourth-order valence-electron chi connectivity index (χ4n) is 4.41. The number of carbonyl (C=O) groups is 2. The third kappa shape index (κ3) is 4.14. The molecule has 0 aromatic heterocycles. The topological polar surface area (TPSA) is 67.4 Å². The zero-order valence-electron chi connectivity index (χ0n) is 15.1. The number of piperidine rings is 1. The highest BCUT2D eigenvalue weighted by Crippen LogP contribution is 2.37. The van der Waals surface area contributed by atoms with Gasteiger partial charge in [-0.2, -0.15) is 0 Å². The summed E-state index contributed by atoms with van der Waals surface area (Å²) in [5.74, 6) is 1.91. The number of hydrogen-bond acceptors (Lipinski definition) is 3. The smallest absolute Gasteiger partial charge is 0.251 e. The Morgan fingerprint density at radius 3 is 2.72 bits per heavy atom. The highest BCUT2D eigenvalue weighted by Gasteiger charge is 2.40. The number of nitrogens with one attached hydrogen (secondary N) is 2. The Kier molecular flexibility index (Phi) is 5.61. The van der Waals surface area contributed by atoms with E-state index in [4.69, 9.17) is 4.74 Å². The Balaban J connectivity index is 1.59. The van der Waals surface area contributed by atoms with Crippen LogP contribution in [0.4, 0.5) is 0 Å². The average molecular weight is 344 g/mol. The number of carbonyl (C=O) groups excluding carboxylic acids is 2. The average Bonchev–Trinajstić information content (AvgIpc) is 2.61. The minimum Gasteiger partial charge on any atom is -0.497 e. The number of amides is 2. The Morgan fingerprint density at radius 1 is 1.28 bits per heavy atom. The van der Waals surface area contributed by atoms with Crippen LogP contribution in [0.2, 0.25) is 0 Å². The minimum atomic E-state index is -0.0571. The van der Waals surface area contributed by atoms with Crippen LogP contribution in [0.15, 0.2) is 24.3 Å². The summed E-state index contributed by atoms with van der Waals surface area (Å²) >= 11 is 0. The van der Waals surface area contributed by atoms with Crippen LogP contribution in [0, 0.1) is 11.8 Å². The molecule has 3 rings (SSSR count). The number of benzene rings is 1. The van der Waals surface area contributed by atoms with Crippen LogP contribution in [0.1, 0.15) is 55.8 Å². The molecule has 1 aromatic carbocycles. The molecule has 0 bridgehead atoms. The van der Waals surface area contributed by atoms with Crippen molar-refractivity contribution >= 4 is 11.8 Å². The predicted octanol–water partition coefficient (Wildman–Crippen LogP) is 2.90. The predicted molar refractivity (Wildman–Crippen MR) is 96.5 cm³/mol. The van der Waals surface area contributed by atoms with Crippen LogP contribution in [0.5, 0.6) is 5.75 Å². The molecule has 2 N–H and O–H groups in total. The van der Waals surface area contributed by atoms with E-state index in [2.05, 4.69) is 17.6 Å². The van der Waals surface area contributed by atoms with Crippen molar-refractivity contribution in [3.05, 3.63) is 29.8 Å². The maximum Gasteiger partial charge on any atom is 0.251 e. The molecular weight excluding hydrogens is 316 g/mol. The monoisotopic (exact) mass is 344 g/mol. The quantitative estimate of drug-likeness (QED) is 0.863. The number of rotatable bonds is 5. The number of ether oxygens (including phenoxy) is 1. The Labute approximate surface area is 149 Å². The van der Waals surface area contributed by atoms with Gasteiger partial charge in [0.15, 0.2) is 0 Å². The van der Waals surface area contributed by atoms with Gasteiger partial charge in [-0.15, -0.1) is 0 Å². The zero-order chi connectivity index (χ0) is 17.8. The minimum absolute atomic E-state index is 0.0571. The van der Waals surface area contributed by atoms with Crippen molar-refractivity contribution in [2.45, 2.75) is 57.5 Å². The summed E-state index contributed by atoms with van der Waals surface area (Å²) in [6.07, 6.45) is 5.80. The van der Waals surface area contributed by atoms with E-state index in [9.17, 15) is 9.59 Å². The van der Waals surface area contributed by atoms with Crippen LogP contribution in [0.25, 0.3) is 0 Å². The van der Waals surface area contributed by atoms with Gasteiger partial charge in [-0.25, -0.2) is 0 Å². The van der Waals surface area contributed by atoms with E-state index >= 15 is 0 Å². The standard InChI is InChI=1S/C20H28N2O3/c1-3-4-14-11-19(23)22-18-12-15(7-10-17(14)18)21-20(24)13-5-8-16(25-2)9-6-13/h5-6,8-9,14-15,17-18H,3-4,7,10-12H2,1-2H3,(H,21,24)(H,22,23). The van der Waals surface area contributed by atoms with Crippen molar-refractivity contribution in [3.8, 4) is 5.75 Å². The second kappa shape index (κ2) is 7.89. The second-order valence-corrected chi connectivity index (χ2v) is 7.30. The SMILES string of the molecule is CCCC1CC(=O)NC2CC(NC(=O)c3ccc(OC)cc3)CCC12. The summed E-state index contributed by atoms with van der Waals surface area (Å²) in [5, 5.41) is 6.29. The lowest BCUT2D eigenvalue weighted by Crippen LogP contribution is -2.55. The van der Waals surface area contributed by atoms with Crippen LogP contribution >= 0.6 is 0 Å². The molecule has 1 saturated heterocycles. The van der Waals surface area contributed by atoms with Gasteiger partial charge in [0.25, 0.3) is 5.91 Å². The van der Waals surface area contributed by atoms with E-state index < -0.39 is 0 Å². The molecular formula is C20H28N2O3. The lowest BCUT2D eigenvalue weighted by atomic mass is 9.70. The molecule has 25 heavy (non-hydrogen) atoms. The van der Waals surface area contributed by atoms with Gasteiger partial charge in [0.2, 0.25) is 5.91 Å². The van der Waals surface area contributed by atoms with Gasteiger partial charge in [-0.05, 0) is 61.8 Å². The highest BCUT2D eigenvalue weighted by atomic mass is 16.5. The molecule has 2 fully saturated rings. The summed E-state index contributed by atoms with van der Waals surface area (Å²) in [6.45, 7) is 2.18. The number of fused-ring (bicyclic) bond motifs is 1. The van der Waals surface area contributed by atoms with Gasteiger partial charge in [0.05, 0.1) is 7.11 Å². The van der Waals surface area contributed by atoms with E-state index in [0.29, 0.717) is 23.8 Å². The van der Waals surface area contributed by atoms with E-state index in [0.717, 1.165) is 37.9 Å². The van der Waals surface area contributed by atoms with Crippen LogP contribution < -0.4 is 15.4 Å². The van der Waals surface area contributed by atoms with Crippen LogP contribution in [-0.2, 0) is 4.79 Å². The van der Waals surface area contributed by atoms with Crippen molar-refractivity contribution in [3.63, 3.8) is 0 Å². The lowest BCUT2D eigenvalue weighted by Gasteiger charge is -2.44. The van der Waals surface area contributed by atoms with E-state index in [1.54, 1.807) is 31.4 Å². The third-order valence-electron chi connectivity index (χ3n) is 5.65. The van der Waals surface area contributed by atoms with Crippen LogP contribution in [-0.4, -0.2) is 31.0 Å². The first-order chi connectivity index (χ1) is 12.1. The first-order valence-electron chi connectivity index (χ1n) is 9.35. The lowest BCUT2D eigenvalue weighted by molar-refractivity contribution is -0.127. The number of hydrogen-bond donors (Lipinski definition) is 2. The molecule has 0 spiro atoms. The second-order valence-electron chi connectivity index (χ2n) is 7.30. The van der Waals surface area contributed by atoms with E-state index in [1.807, 2.05) is 0 Å². The summed E-state index contributed by atoms with van der Waals surface area (Å²) in [4.78, 5) is 24.5. The molecule has 4 atom stereocenters. The molecule has 136 valence electrons. The zero-order valence-corrected chi connectivity index (χ0v) is 15.1. The van der Waals surface area contributed by atoms with Crippen LogP contribution in [0.3, 0.4) is 0 Å². The molecule has 2 amide bonds. The highest BCUT2D eigenvalue weighted by molar-refractivity contribution is 5.94. The summed E-state index contributed by atoms with van der Waals surface area (Å²) in [7, 11) is 1.61. The maximum atomic E-state index is 12.5.